The molecule has 0 aromatic heterocycles. The first-order chi connectivity index (χ1) is 10.2. The van der Waals surface area contributed by atoms with Gasteiger partial charge in [-0.25, -0.2) is 0 Å². The molecule has 2 heterocycles. The van der Waals surface area contributed by atoms with E-state index in [1.165, 1.54) is 0 Å². The number of ketones is 2. The van der Waals surface area contributed by atoms with Crippen molar-refractivity contribution in [1.29, 1.82) is 0 Å². The van der Waals surface area contributed by atoms with Crippen molar-refractivity contribution < 1.29 is 19.1 Å². The zero-order valence-electron chi connectivity index (χ0n) is 13.6. The number of ether oxygens (including phenoxy) is 2. The van der Waals surface area contributed by atoms with Crippen LogP contribution in [0, 0.1) is 5.41 Å². The van der Waals surface area contributed by atoms with Gasteiger partial charge in [0.25, 0.3) is 0 Å². The Bertz CT molecular complexity index is 536. The van der Waals surface area contributed by atoms with Crippen molar-refractivity contribution in [3.05, 3.63) is 24.3 Å². The largest absolute Gasteiger partial charge is 0.346 e. The molecule has 22 heavy (non-hydrogen) atoms. The van der Waals surface area contributed by atoms with E-state index in [9.17, 15) is 9.59 Å². The molecule has 1 aliphatic carbocycles. The van der Waals surface area contributed by atoms with Crippen LogP contribution in [0.15, 0.2) is 24.3 Å². The van der Waals surface area contributed by atoms with E-state index in [0.717, 1.165) is 25.7 Å². The fourth-order valence-electron chi connectivity index (χ4n) is 3.34. The Balaban J connectivity index is 1.64. The minimum absolute atomic E-state index is 0.00355. The van der Waals surface area contributed by atoms with Crippen molar-refractivity contribution in [2.75, 3.05) is 0 Å². The van der Waals surface area contributed by atoms with Crippen molar-refractivity contribution in [2.24, 2.45) is 5.41 Å². The number of hydrogen-bond donors (Lipinski definition) is 0. The molecular formula is C18H24O4. The predicted octanol–water partition coefficient (Wildman–Crippen LogP) is 3.11. The molecule has 0 aromatic rings. The molecule has 4 nitrogen and oxygen atoms in total. The minimum Gasteiger partial charge on any atom is -0.346 e. The molecule has 2 aliphatic heterocycles. The zero-order chi connectivity index (χ0) is 16.0. The summed E-state index contributed by atoms with van der Waals surface area (Å²) >= 11 is 0. The Kier molecular flexibility index (Phi) is 3.65. The molecule has 4 heteroatoms. The maximum Gasteiger partial charge on any atom is 0.178 e. The lowest BCUT2D eigenvalue weighted by Crippen LogP contribution is -2.35. The SMILES string of the molecule is CC(C)(C)C(=O)C[C@@H]1CC[C@]2(CCC3(C=CC(=O)C=C3)O2)O1. The van der Waals surface area contributed by atoms with Crippen LogP contribution in [-0.2, 0) is 19.1 Å². The van der Waals surface area contributed by atoms with Crippen LogP contribution in [-0.4, -0.2) is 29.1 Å². The molecule has 0 saturated carbocycles. The molecule has 0 bridgehead atoms. The zero-order valence-corrected chi connectivity index (χ0v) is 13.6. The second-order valence-corrected chi connectivity index (χ2v) is 7.69. The molecule has 2 spiro atoms. The third-order valence-corrected chi connectivity index (χ3v) is 4.81. The summed E-state index contributed by atoms with van der Waals surface area (Å²) in [5, 5.41) is 0. The molecule has 0 unspecified atom stereocenters. The maximum atomic E-state index is 12.2. The number of carbonyl (C=O) groups is 2. The highest BCUT2D eigenvalue weighted by atomic mass is 16.7. The topological polar surface area (TPSA) is 52.6 Å². The highest BCUT2D eigenvalue weighted by Crippen LogP contribution is 2.48. The van der Waals surface area contributed by atoms with Crippen molar-refractivity contribution in [3.8, 4) is 0 Å². The molecule has 0 radical (unpaired) electrons. The van der Waals surface area contributed by atoms with Crippen LogP contribution in [0.1, 0.15) is 52.9 Å². The Labute approximate surface area is 131 Å². The minimum atomic E-state index is -0.585. The van der Waals surface area contributed by atoms with Crippen LogP contribution in [0.3, 0.4) is 0 Å². The van der Waals surface area contributed by atoms with Gasteiger partial charge in [-0.1, -0.05) is 20.8 Å². The van der Waals surface area contributed by atoms with E-state index in [2.05, 4.69) is 0 Å². The first kappa shape index (κ1) is 15.6. The monoisotopic (exact) mass is 304 g/mol. The highest BCUT2D eigenvalue weighted by Gasteiger charge is 2.52. The number of Topliss-reactive ketones (excluding diaryl/α,β-unsaturated/α-hetero) is 1. The van der Waals surface area contributed by atoms with E-state index in [4.69, 9.17) is 9.47 Å². The summed E-state index contributed by atoms with van der Waals surface area (Å²) < 4.78 is 12.4. The lowest BCUT2D eigenvalue weighted by atomic mass is 9.87. The fourth-order valence-corrected chi connectivity index (χ4v) is 3.34. The van der Waals surface area contributed by atoms with E-state index in [0.29, 0.717) is 6.42 Å². The van der Waals surface area contributed by atoms with E-state index in [1.54, 1.807) is 12.2 Å². The van der Waals surface area contributed by atoms with Gasteiger partial charge in [-0.05, 0) is 37.1 Å². The van der Waals surface area contributed by atoms with Gasteiger partial charge in [0.2, 0.25) is 0 Å². The van der Waals surface area contributed by atoms with Crippen LogP contribution >= 0.6 is 0 Å². The van der Waals surface area contributed by atoms with Crippen molar-refractivity contribution in [3.63, 3.8) is 0 Å². The fraction of sp³-hybridized carbons (Fsp3) is 0.667. The average Bonchev–Trinajstić information content (AvgIpc) is 2.98. The van der Waals surface area contributed by atoms with Crippen molar-refractivity contribution >= 4 is 11.6 Å². The molecule has 2 atom stereocenters. The van der Waals surface area contributed by atoms with Crippen molar-refractivity contribution in [2.45, 2.75) is 70.4 Å². The quantitative estimate of drug-likeness (QED) is 0.786. The summed E-state index contributed by atoms with van der Waals surface area (Å²) in [6, 6.07) is 0. The molecule has 3 aliphatic rings. The third kappa shape index (κ3) is 2.95. The molecule has 0 N–H and O–H groups in total. The van der Waals surface area contributed by atoms with Crippen LogP contribution in [0.25, 0.3) is 0 Å². The van der Waals surface area contributed by atoms with Crippen LogP contribution < -0.4 is 0 Å². The smallest absolute Gasteiger partial charge is 0.178 e. The van der Waals surface area contributed by atoms with Gasteiger partial charge in [0.15, 0.2) is 11.6 Å². The predicted molar refractivity (Wildman–Crippen MR) is 82.3 cm³/mol. The van der Waals surface area contributed by atoms with Crippen LogP contribution in [0.2, 0.25) is 0 Å². The van der Waals surface area contributed by atoms with E-state index in [-0.39, 0.29) is 23.1 Å². The summed E-state index contributed by atoms with van der Waals surface area (Å²) in [5.74, 6) is -0.362. The van der Waals surface area contributed by atoms with Gasteiger partial charge in [0.05, 0.1) is 6.10 Å². The summed E-state index contributed by atoms with van der Waals surface area (Å²) in [6.45, 7) is 5.82. The molecule has 2 fully saturated rings. The molecule has 0 amide bonds. The van der Waals surface area contributed by atoms with Gasteiger partial charge in [-0.15, -0.1) is 0 Å². The van der Waals surface area contributed by atoms with Crippen LogP contribution in [0.5, 0.6) is 0 Å². The van der Waals surface area contributed by atoms with Gasteiger partial charge in [-0.3, -0.25) is 9.59 Å². The third-order valence-electron chi connectivity index (χ3n) is 4.81. The Morgan fingerprint density at radius 1 is 1.23 bits per heavy atom. The molecule has 120 valence electrons. The standard InChI is InChI=1S/C18H24O4/c1-16(2,3)15(20)12-14-6-9-18(21-14)11-10-17(22-18)7-4-13(19)5-8-17/h4-5,7-8,14H,6,9-12H2,1-3H3/t14-,18-/m0/s1. The lowest BCUT2D eigenvalue weighted by Gasteiger charge is -2.30. The number of allylic oxidation sites excluding steroid dienone is 2. The van der Waals surface area contributed by atoms with Gasteiger partial charge in [0, 0.05) is 24.7 Å². The first-order valence-electron chi connectivity index (χ1n) is 8.06. The average molecular weight is 304 g/mol. The van der Waals surface area contributed by atoms with Crippen molar-refractivity contribution in [1.82, 2.24) is 0 Å². The summed E-state index contributed by atoms with van der Waals surface area (Å²) in [4.78, 5) is 23.5. The first-order valence-corrected chi connectivity index (χ1v) is 8.06. The van der Waals surface area contributed by atoms with E-state index in [1.807, 2.05) is 32.9 Å². The Hall–Kier alpha value is -1.26. The van der Waals surface area contributed by atoms with E-state index < -0.39 is 11.4 Å². The summed E-state index contributed by atoms with van der Waals surface area (Å²) in [6.07, 6.45) is 10.5. The summed E-state index contributed by atoms with van der Waals surface area (Å²) in [7, 11) is 0. The van der Waals surface area contributed by atoms with Gasteiger partial charge in [-0.2, -0.15) is 0 Å². The molecule has 0 aromatic carbocycles. The van der Waals surface area contributed by atoms with Gasteiger partial charge >= 0.3 is 0 Å². The number of hydrogen-bond acceptors (Lipinski definition) is 4. The molecule has 2 saturated heterocycles. The summed E-state index contributed by atoms with van der Waals surface area (Å²) in [5.41, 5.74) is -0.830. The second kappa shape index (κ2) is 5.14. The second-order valence-electron chi connectivity index (χ2n) is 7.69. The number of rotatable bonds is 2. The van der Waals surface area contributed by atoms with E-state index >= 15 is 0 Å². The number of carbonyl (C=O) groups excluding carboxylic acids is 2. The Morgan fingerprint density at radius 2 is 1.91 bits per heavy atom. The molecular weight excluding hydrogens is 280 g/mol. The lowest BCUT2D eigenvalue weighted by molar-refractivity contribution is -0.224. The Morgan fingerprint density at radius 3 is 2.55 bits per heavy atom. The molecule has 3 rings (SSSR count). The normalized spacial score (nSPS) is 33.2. The van der Waals surface area contributed by atoms with Crippen LogP contribution in [0.4, 0.5) is 0 Å². The maximum absolute atomic E-state index is 12.2. The highest BCUT2D eigenvalue weighted by molar-refractivity contribution is 6.00. The van der Waals surface area contributed by atoms with Gasteiger partial charge < -0.3 is 9.47 Å². The van der Waals surface area contributed by atoms with Gasteiger partial charge in [0.1, 0.15) is 11.4 Å².